The van der Waals surface area contributed by atoms with Crippen LogP contribution in [-0.4, -0.2) is 29.1 Å². The third-order valence-corrected chi connectivity index (χ3v) is 3.37. The summed E-state index contributed by atoms with van der Waals surface area (Å²) >= 11 is 1.00. The number of nitrogens with one attached hydrogen (secondary N) is 1. The van der Waals surface area contributed by atoms with E-state index < -0.39 is 11.9 Å². The summed E-state index contributed by atoms with van der Waals surface area (Å²) in [7, 11) is 1.58. The number of carboxylic acids is 1. The van der Waals surface area contributed by atoms with E-state index in [0.29, 0.717) is 6.54 Å². The number of aromatic nitrogens is 1. The Morgan fingerprint density at radius 1 is 1.35 bits per heavy atom. The number of carboxylic acid groups (broad SMARTS) is 1. The molecule has 0 saturated carbocycles. The fourth-order valence-corrected chi connectivity index (χ4v) is 2.18. The van der Waals surface area contributed by atoms with Crippen LogP contribution in [0.4, 0.5) is 0 Å². The van der Waals surface area contributed by atoms with Crippen molar-refractivity contribution < 1.29 is 19.4 Å². The summed E-state index contributed by atoms with van der Waals surface area (Å²) in [5, 5.41) is 12.9. The second kappa shape index (κ2) is 6.16. The Hall–Kier alpha value is -2.41. The first kappa shape index (κ1) is 14.0. The molecule has 1 aromatic heterocycles. The van der Waals surface area contributed by atoms with Crippen LogP contribution in [0.2, 0.25) is 0 Å². The van der Waals surface area contributed by atoms with Crippen molar-refractivity contribution in [1.82, 2.24) is 10.3 Å². The molecule has 0 unspecified atom stereocenters. The Kier molecular flexibility index (Phi) is 4.31. The van der Waals surface area contributed by atoms with Crippen LogP contribution in [0.25, 0.3) is 0 Å². The van der Waals surface area contributed by atoms with E-state index >= 15 is 0 Å². The summed E-state index contributed by atoms with van der Waals surface area (Å²) in [6.07, 6.45) is 0. The molecule has 6 nitrogen and oxygen atoms in total. The molecular formula is C13H12N2O4S. The van der Waals surface area contributed by atoms with Gasteiger partial charge in [0, 0.05) is 11.9 Å². The van der Waals surface area contributed by atoms with Gasteiger partial charge in [-0.05, 0) is 17.7 Å². The maximum atomic E-state index is 11.8. The number of methoxy groups -OCH3 is 1. The fourth-order valence-electron chi connectivity index (χ4n) is 1.48. The van der Waals surface area contributed by atoms with Gasteiger partial charge in [-0.1, -0.05) is 12.1 Å². The highest BCUT2D eigenvalue weighted by molar-refractivity contribution is 7.11. The number of rotatable bonds is 5. The Morgan fingerprint density at radius 2 is 2.05 bits per heavy atom. The number of amides is 1. The van der Waals surface area contributed by atoms with Gasteiger partial charge in [0.15, 0.2) is 10.7 Å². The van der Waals surface area contributed by atoms with Crippen molar-refractivity contribution >= 4 is 23.2 Å². The minimum Gasteiger partial charge on any atom is -0.497 e. The maximum Gasteiger partial charge on any atom is 0.355 e. The Balaban J connectivity index is 1.95. The number of hydrogen-bond acceptors (Lipinski definition) is 5. The van der Waals surface area contributed by atoms with E-state index in [9.17, 15) is 9.59 Å². The summed E-state index contributed by atoms with van der Waals surface area (Å²) in [6.45, 7) is 0.338. The van der Waals surface area contributed by atoms with Gasteiger partial charge in [0.1, 0.15) is 5.75 Å². The van der Waals surface area contributed by atoms with Gasteiger partial charge in [0.25, 0.3) is 5.91 Å². The molecule has 1 heterocycles. The zero-order valence-corrected chi connectivity index (χ0v) is 11.4. The molecule has 0 fully saturated rings. The molecule has 1 amide bonds. The molecule has 0 spiro atoms. The minimum atomic E-state index is -1.14. The summed E-state index contributed by atoms with van der Waals surface area (Å²) in [4.78, 5) is 26.2. The van der Waals surface area contributed by atoms with E-state index in [1.807, 2.05) is 12.1 Å². The predicted octanol–water partition coefficient (Wildman–Crippen LogP) is 1.78. The topological polar surface area (TPSA) is 88.5 Å². The number of carbonyl (C=O) groups is 2. The summed E-state index contributed by atoms with van der Waals surface area (Å²) in [6, 6.07) is 7.27. The lowest BCUT2D eigenvalue weighted by Crippen LogP contribution is -2.22. The zero-order valence-electron chi connectivity index (χ0n) is 10.6. The second-order valence-electron chi connectivity index (χ2n) is 3.87. The fraction of sp³-hybridized carbons (Fsp3) is 0.154. The molecule has 1 aromatic carbocycles. The van der Waals surface area contributed by atoms with Crippen LogP contribution in [-0.2, 0) is 6.54 Å². The van der Waals surface area contributed by atoms with E-state index in [1.54, 1.807) is 19.2 Å². The highest BCUT2D eigenvalue weighted by Gasteiger charge is 2.14. The third kappa shape index (κ3) is 3.33. The summed E-state index contributed by atoms with van der Waals surface area (Å²) in [5.74, 6) is -0.792. The largest absolute Gasteiger partial charge is 0.497 e. The molecule has 0 bridgehead atoms. The van der Waals surface area contributed by atoms with Crippen molar-refractivity contribution in [1.29, 1.82) is 0 Å². The maximum absolute atomic E-state index is 11.8. The van der Waals surface area contributed by atoms with Gasteiger partial charge in [-0.15, -0.1) is 11.3 Å². The molecular weight excluding hydrogens is 280 g/mol. The van der Waals surface area contributed by atoms with E-state index in [0.717, 1.165) is 22.6 Å². The molecule has 0 aliphatic heterocycles. The molecule has 0 radical (unpaired) electrons. The normalized spacial score (nSPS) is 10.1. The summed E-state index contributed by atoms with van der Waals surface area (Å²) < 4.78 is 5.04. The van der Waals surface area contributed by atoms with Gasteiger partial charge in [-0.25, -0.2) is 9.78 Å². The lowest BCUT2D eigenvalue weighted by Gasteiger charge is -2.04. The predicted molar refractivity (Wildman–Crippen MR) is 73.2 cm³/mol. The van der Waals surface area contributed by atoms with Gasteiger partial charge in [-0.3, -0.25) is 4.79 Å². The van der Waals surface area contributed by atoms with Crippen LogP contribution in [0.15, 0.2) is 29.6 Å². The van der Waals surface area contributed by atoms with Crippen molar-refractivity contribution in [2.75, 3.05) is 7.11 Å². The van der Waals surface area contributed by atoms with Gasteiger partial charge in [0.2, 0.25) is 0 Å². The molecule has 0 saturated heterocycles. The van der Waals surface area contributed by atoms with E-state index in [1.165, 1.54) is 5.38 Å². The van der Waals surface area contributed by atoms with E-state index in [-0.39, 0.29) is 10.7 Å². The quantitative estimate of drug-likeness (QED) is 0.877. The van der Waals surface area contributed by atoms with Crippen LogP contribution in [0.1, 0.15) is 25.9 Å². The first-order chi connectivity index (χ1) is 9.60. The average Bonchev–Trinajstić information content (AvgIpc) is 2.95. The van der Waals surface area contributed by atoms with Gasteiger partial charge in [-0.2, -0.15) is 0 Å². The van der Waals surface area contributed by atoms with Crippen molar-refractivity contribution in [3.8, 4) is 5.75 Å². The lowest BCUT2D eigenvalue weighted by atomic mass is 10.2. The number of ether oxygens (including phenoxy) is 1. The van der Waals surface area contributed by atoms with Gasteiger partial charge in [0.05, 0.1) is 7.11 Å². The standard InChI is InChI=1S/C13H12N2O4S/c1-19-9-4-2-8(3-5-9)6-14-11(16)12-15-10(7-20-12)13(17)18/h2-5,7H,6H2,1H3,(H,14,16)(H,17,18). The van der Waals surface area contributed by atoms with Crippen molar-refractivity contribution in [3.63, 3.8) is 0 Å². The highest BCUT2D eigenvalue weighted by atomic mass is 32.1. The minimum absolute atomic E-state index is 0.121. The van der Waals surface area contributed by atoms with Crippen LogP contribution < -0.4 is 10.1 Å². The number of benzene rings is 1. The van der Waals surface area contributed by atoms with Crippen LogP contribution >= 0.6 is 11.3 Å². The Morgan fingerprint density at radius 3 is 2.60 bits per heavy atom. The van der Waals surface area contributed by atoms with E-state index in [4.69, 9.17) is 9.84 Å². The monoisotopic (exact) mass is 292 g/mol. The molecule has 2 aromatic rings. The first-order valence-electron chi connectivity index (χ1n) is 5.70. The number of nitrogens with zero attached hydrogens (tertiary/aromatic N) is 1. The van der Waals surface area contributed by atoms with Crippen molar-refractivity contribution in [2.24, 2.45) is 0 Å². The van der Waals surface area contributed by atoms with Crippen LogP contribution in [0.5, 0.6) is 5.75 Å². The molecule has 0 aliphatic carbocycles. The number of aromatic carboxylic acids is 1. The number of carbonyl (C=O) groups excluding carboxylic acids is 1. The molecule has 20 heavy (non-hydrogen) atoms. The van der Waals surface area contributed by atoms with E-state index in [2.05, 4.69) is 10.3 Å². The lowest BCUT2D eigenvalue weighted by molar-refractivity contribution is 0.0691. The number of thiazole rings is 1. The number of hydrogen-bond donors (Lipinski definition) is 2. The SMILES string of the molecule is COc1ccc(CNC(=O)c2nc(C(=O)O)cs2)cc1. The Labute approximate surface area is 119 Å². The zero-order chi connectivity index (χ0) is 14.5. The molecule has 0 aliphatic rings. The molecule has 104 valence electrons. The van der Waals surface area contributed by atoms with Crippen molar-refractivity contribution in [2.45, 2.75) is 6.54 Å². The summed E-state index contributed by atoms with van der Waals surface area (Å²) in [5.41, 5.74) is 0.791. The highest BCUT2D eigenvalue weighted by Crippen LogP contribution is 2.12. The Bertz CT molecular complexity index is 622. The van der Waals surface area contributed by atoms with Crippen LogP contribution in [0.3, 0.4) is 0 Å². The molecule has 7 heteroatoms. The molecule has 0 atom stereocenters. The van der Waals surface area contributed by atoms with Crippen molar-refractivity contribution in [3.05, 3.63) is 45.9 Å². The van der Waals surface area contributed by atoms with Crippen LogP contribution in [0, 0.1) is 0 Å². The molecule has 2 rings (SSSR count). The molecule has 2 N–H and O–H groups in total. The average molecular weight is 292 g/mol. The smallest absolute Gasteiger partial charge is 0.355 e. The second-order valence-corrected chi connectivity index (χ2v) is 4.73. The van der Waals surface area contributed by atoms with Gasteiger partial charge >= 0.3 is 5.97 Å². The third-order valence-electron chi connectivity index (χ3n) is 2.53. The van der Waals surface area contributed by atoms with Gasteiger partial charge < -0.3 is 15.2 Å². The first-order valence-corrected chi connectivity index (χ1v) is 6.58.